The van der Waals surface area contributed by atoms with Crippen LogP contribution in [0, 0.1) is 6.92 Å². The molecule has 4 heteroatoms. The number of anilines is 2. The molecule has 15 heavy (non-hydrogen) atoms. The number of aryl methyl sites for hydroxylation is 1. The molecule has 0 atom stereocenters. The molecule has 1 aromatic rings. The van der Waals surface area contributed by atoms with E-state index in [9.17, 15) is 0 Å². The molecule has 0 saturated carbocycles. The van der Waals surface area contributed by atoms with Crippen LogP contribution in [-0.2, 0) is 0 Å². The summed E-state index contributed by atoms with van der Waals surface area (Å²) in [4.78, 5) is 6.72. The normalized spacial score (nSPS) is 15.5. The fourth-order valence-corrected chi connectivity index (χ4v) is 2.01. The Morgan fingerprint density at radius 1 is 1.60 bits per heavy atom. The fourth-order valence-electron chi connectivity index (χ4n) is 1.87. The largest absolute Gasteiger partial charge is 0.369 e. The van der Waals surface area contributed by atoms with E-state index in [4.69, 9.17) is 11.6 Å². The van der Waals surface area contributed by atoms with Crippen molar-refractivity contribution in [1.82, 2.24) is 4.98 Å². The number of aromatic nitrogens is 1. The average molecular weight is 226 g/mol. The summed E-state index contributed by atoms with van der Waals surface area (Å²) in [5.41, 5.74) is 2.22. The molecule has 0 aromatic carbocycles. The highest BCUT2D eigenvalue weighted by Crippen LogP contribution is 2.30. The maximum atomic E-state index is 6.02. The summed E-state index contributed by atoms with van der Waals surface area (Å²) in [5.74, 6) is 0.921. The minimum atomic E-state index is 0.596. The number of rotatable bonds is 1. The predicted molar refractivity (Wildman–Crippen MR) is 65.0 cm³/mol. The topological polar surface area (TPSA) is 28.2 Å². The smallest absolute Gasteiger partial charge is 0.151 e. The summed E-state index contributed by atoms with van der Waals surface area (Å²) in [7, 11) is 0. The molecule has 3 nitrogen and oxygen atoms in total. The molecule has 1 N–H and O–H groups in total. The van der Waals surface area contributed by atoms with Crippen LogP contribution in [0.2, 0.25) is 5.15 Å². The molecule has 0 amide bonds. The van der Waals surface area contributed by atoms with E-state index in [2.05, 4.69) is 28.2 Å². The van der Waals surface area contributed by atoms with Gasteiger partial charge in [-0.2, -0.15) is 0 Å². The maximum absolute atomic E-state index is 6.02. The van der Waals surface area contributed by atoms with Gasteiger partial charge in [0.05, 0.1) is 5.69 Å². The zero-order chi connectivity index (χ0) is 10.8. The van der Waals surface area contributed by atoms with Crippen molar-refractivity contribution in [2.75, 3.05) is 29.9 Å². The van der Waals surface area contributed by atoms with Crippen molar-refractivity contribution in [3.63, 3.8) is 0 Å². The molecule has 82 valence electrons. The highest BCUT2D eigenvalue weighted by atomic mass is 35.5. The van der Waals surface area contributed by atoms with Gasteiger partial charge >= 0.3 is 0 Å². The first-order chi connectivity index (χ1) is 7.22. The van der Waals surface area contributed by atoms with Gasteiger partial charge in [-0.3, -0.25) is 0 Å². The first kappa shape index (κ1) is 10.6. The Morgan fingerprint density at radius 3 is 3.13 bits per heavy atom. The number of hydrogen-bond donors (Lipinski definition) is 1. The third-order valence-corrected chi connectivity index (χ3v) is 3.13. The number of fused-ring (bicyclic) bond motifs is 1. The molecule has 0 saturated heterocycles. The maximum Gasteiger partial charge on any atom is 0.151 e. The van der Waals surface area contributed by atoms with Gasteiger partial charge in [0.1, 0.15) is 5.15 Å². The zero-order valence-corrected chi connectivity index (χ0v) is 9.93. The second-order valence-electron chi connectivity index (χ2n) is 3.82. The monoisotopic (exact) mass is 225 g/mol. The Morgan fingerprint density at radius 2 is 2.40 bits per heavy atom. The van der Waals surface area contributed by atoms with Crippen molar-refractivity contribution < 1.29 is 0 Å². The second kappa shape index (κ2) is 4.27. The second-order valence-corrected chi connectivity index (χ2v) is 4.18. The van der Waals surface area contributed by atoms with Crippen molar-refractivity contribution in [2.24, 2.45) is 0 Å². The van der Waals surface area contributed by atoms with Crippen LogP contribution < -0.4 is 10.2 Å². The first-order valence-electron chi connectivity index (χ1n) is 5.38. The van der Waals surface area contributed by atoms with E-state index >= 15 is 0 Å². The van der Waals surface area contributed by atoms with E-state index in [-0.39, 0.29) is 0 Å². The minimum Gasteiger partial charge on any atom is -0.369 e. The Hall–Kier alpha value is -0.960. The number of halogens is 1. The number of nitrogens with zero attached hydrogens (tertiary/aromatic N) is 2. The fraction of sp³-hybridized carbons (Fsp3) is 0.545. The Bertz CT molecular complexity index is 365. The molecule has 0 bridgehead atoms. The van der Waals surface area contributed by atoms with Crippen molar-refractivity contribution in [2.45, 2.75) is 20.3 Å². The molecule has 2 heterocycles. The number of nitrogens with one attached hydrogen (secondary N) is 1. The highest BCUT2D eigenvalue weighted by Gasteiger charge is 2.16. The SMILES string of the molecule is CCN1CCCNc2nc(Cl)c(C)cc21. The van der Waals surface area contributed by atoms with Gasteiger partial charge in [-0.15, -0.1) is 0 Å². The molecule has 1 aliphatic heterocycles. The van der Waals surface area contributed by atoms with Gasteiger partial charge in [-0.05, 0) is 31.9 Å². The van der Waals surface area contributed by atoms with Gasteiger partial charge in [0.15, 0.2) is 5.82 Å². The molecule has 1 aromatic heterocycles. The molecule has 0 spiro atoms. The van der Waals surface area contributed by atoms with E-state index in [1.54, 1.807) is 0 Å². The van der Waals surface area contributed by atoms with Gasteiger partial charge in [0.25, 0.3) is 0 Å². The lowest BCUT2D eigenvalue weighted by Crippen LogP contribution is -2.23. The molecule has 1 aliphatic rings. The number of hydrogen-bond acceptors (Lipinski definition) is 3. The Labute approximate surface area is 95.4 Å². The van der Waals surface area contributed by atoms with Gasteiger partial charge in [0, 0.05) is 19.6 Å². The van der Waals surface area contributed by atoms with Gasteiger partial charge in [-0.25, -0.2) is 4.98 Å². The first-order valence-corrected chi connectivity index (χ1v) is 5.76. The van der Waals surface area contributed by atoms with E-state index < -0.39 is 0 Å². The molecular weight excluding hydrogens is 210 g/mol. The van der Waals surface area contributed by atoms with Crippen LogP contribution in [0.5, 0.6) is 0 Å². The van der Waals surface area contributed by atoms with Crippen LogP contribution in [0.15, 0.2) is 6.07 Å². The molecule has 0 radical (unpaired) electrons. The van der Waals surface area contributed by atoms with E-state index in [1.807, 2.05) is 6.92 Å². The summed E-state index contributed by atoms with van der Waals surface area (Å²) in [6.07, 6.45) is 1.14. The lowest BCUT2D eigenvalue weighted by molar-refractivity contribution is 0.786. The van der Waals surface area contributed by atoms with Crippen LogP contribution in [0.3, 0.4) is 0 Å². The van der Waals surface area contributed by atoms with Gasteiger partial charge in [0.2, 0.25) is 0 Å². The van der Waals surface area contributed by atoms with Gasteiger partial charge in [-0.1, -0.05) is 11.6 Å². The van der Waals surface area contributed by atoms with Crippen LogP contribution in [0.1, 0.15) is 18.9 Å². The van der Waals surface area contributed by atoms with Crippen molar-refractivity contribution in [1.29, 1.82) is 0 Å². The highest BCUT2D eigenvalue weighted by molar-refractivity contribution is 6.30. The molecule has 0 aliphatic carbocycles. The summed E-state index contributed by atoms with van der Waals surface area (Å²) in [6.45, 7) is 7.22. The van der Waals surface area contributed by atoms with Crippen LogP contribution in [0.25, 0.3) is 0 Å². The predicted octanol–water partition coefficient (Wildman–Crippen LogP) is 2.69. The third-order valence-electron chi connectivity index (χ3n) is 2.75. The molecule has 0 unspecified atom stereocenters. The molecule has 2 rings (SSSR count). The van der Waals surface area contributed by atoms with E-state index in [0.717, 1.165) is 37.4 Å². The molecule has 0 fully saturated rings. The summed E-state index contributed by atoms with van der Waals surface area (Å²) in [6, 6.07) is 2.12. The van der Waals surface area contributed by atoms with Gasteiger partial charge < -0.3 is 10.2 Å². The Kier molecular flexibility index (Phi) is 3.00. The lowest BCUT2D eigenvalue weighted by atomic mass is 10.2. The lowest BCUT2D eigenvalue weighted by Gasteiger charge is -2.22. The zero-order valence-electron chi connectivity index (χ0n) is 9.18. The number of pyridine rings is 1. The van der Waals surface area contributed by atoms with Crippen molar-refractivity contribution in [3.8, 4) is 0 Å². The van der Waals surface area contributed by atoms with Crippen LogP contribution >= 0.6 is 11.6 Å². The third kappa shape index (κ3) is 2.02. The average Bonchev–Trinajstić information content (AvgIpc) is 2.41. The summed E-state index contributed by atoms with van der Waals surface area (Å²) < 4.78 is 0. The Balaban J connectivity index is 2.46. The van der Waals surface area contributed by atoms with Crippen LogP contribution in [0.4, 0.5) is 11.5 Å². The summed E-state index contributed by atoms with van der Waals surface area (Å²) in [5, 5.41) is 3.92. The van der Waals surface area contributed by atoms with E-state index in [1.165, 1.54) is 5.69 Å². The molecular formula is C11H16ClN3. The summed E-state index contributed by atoms with van der Waals surface area (Å²) >= 11 is 6.02. The quantitative estimate of drug-likeness (QED) is 0.745. The minimum absolute atomic E-state index is 0.596. The van der Waals surface area contributed by atoms with E-state index in [0.29, 0.717) is 5.15 Å². The van der Waals surface area contributed by atoms with Crippen molar-refractivity contribution >= 4 is 23.1 Å². The standard InChI is InChI=1S/C11H16ClN3/c1-3-15-6-4-5-13-11-9(15)7-8(2)10(12)14-11/h7H,3-6H2,1-2H3,(H,13,14). The van der Waals surface area contributed by atoms with Crippen LogP contribution in [-0.4, -0.2) is 24.6 Å². The van der Waals surface area contributed by atoms with Crippen molar-refractivity contribution in [3.05, 3.63) is 16.8 Å².